The van der Waals surface area contributed by atoms with Crippen LogP contribution in [0.5, 0.6) is 0 Å². The third kappa shape index (κ3) is 7.03. The highest BCUT2D eigenvalue weighted by atomic mass is 16.7. The Morgan fingerprint density at radius 2 is 1.77 bits per heavy atom. The first-order valence-corrected chi connectivity index (χ1v) is 14.7. The smallest absolute Gasteiger partial charge is 0.453 e. The summed E-state index contributed by atoms with van der Waals surface area (Å²) in [6, 6.07) is 13.8. The summed E-state index contributed by atoms with van der Waals surface area (Å²) in [4.78, 5) is 35.0. The van der Waals surface area contributed by atoms with Crippen molar-refractivity contribution in [3.8, 4) is 17.3 Å². The molecular weight excluding hydrogens is 545 g/mol. The predicted octanol–water partition coefficient (Wildman–Crippen LogP) is 4.79. The van der Waals surface area contributed by atoms with Crippen molar-refractivity contribution in [1.29, 1.82) is 5.26 Å². The van der Waals surface area contributed by atoms with Crippen molar-refractivity contribution in [2.24, 2.45) is 11.8 Å². The number of nitrogens with zero attached hydrogens (tertiary/aromatic N) is 3. The SMILES string of the molecule is CC[C@@H](C#N)CN(Cc1ncc(-c2ccc3cc(B4OC(C)(C)C(C)(C)O4)ccc3c2)[nH]1)C(=O)[C@H](NC(=O)OC)C(C)C. The van der Waals surface area contributed by atoms with Gasteiger partial charge in [-0.1, -0.05) is 51.1 Å². The van der Waals surface area contributed by atoms with Crippen LogP contribution in [0.4, 0.5) is 4.79 Å². The summed E-state index contributed by atoms with van der Waals surface area (Å²) < 4.78 is 17.2. The molecule has 4 rings (SSSR count). The quantitative estimate of drug-likeness (QED) is 0.327. The molecule has 0 aliphatic carbocycles. The molecule has 0 radical (unpaired) electrons. The number of amides is 2. The standard InChI is InChI=1S/C32H42BN5O5/c1-9-21(16-34)18-38(29(39)28(20(2)3)37-30(40)41-8)19-27-35-17-26(36-27)24-11-10-23-15-25(13-12-22(23)14-24)33-42-31(4,5)32(6,7)43-33/h10-15,17,20-21,28H,9,18-19H2,1-8H3,(H,35,36)(H,37,40)/t21-,28+/m0/s1. The normalized spacial score (nSPS) is 17.0. The van der Waals surface area contributed by atoms with Gasteiger partial charge in [-0.15, -0.1) is 0 Å². The summed E-state index contributed by atoms with van der Waals surface area (Å²) in [5.41, 5.74) is 1.91. The molecule has 3 aromatic rings. The third-order valence-electron chi connectivity index (χ3n) is 8.49. The molecule has 228 valence electrons. The van der Waals surface area contributed by atoms with Crippen LogP contribution >= 0.6 is 0 Å². The molecule has 2 N–H and O–H groups in total. The van der Waals surface area contributed by atoms with Gasteiger partial charge in [0, 0.05) is 12.1 Å². The lowest BCUT2D eigenvalue weighted by Crippen LogP contribution is -2.52. The van der Waals surface area contributed by atoms with Gasteiger partial charge in [-0.05, 0) is 62.3 Å². The second-order valence-corrected chi connectivity index (χ2v) is 12.5. The van der Waals surface area contributed by atoms with Gasteiger partial charge in [0.05, 0.1) is 48.7 Å². The second kappa shape index (κ2) is 12.8. The Morgan fingerprint density at radius 3 is 2.37 bits per heavy atom. The number of hydrogen-bond acceptors (Lipinski definition) is 7. The number of ether oxygens (including phenoxy) is 1. The van der Waals surface area contributed by atoms with Crippen LogP contribution in [0.2, 0.25) is 0 Å². The van der Waals surface area contributed by atoms with Crippen molar-refractivity contribution in [1.82, 2.24) is 20.2 Å². The summed E-state index contributed by atoms with van der Waals surface area (Å²) in [6.07, 6.45) is 1.65. The van der Waals surface area contributed by atoms with Gasteiger partial charge in [-0.3, -0.25) is 4.79 Å². The fraction of sp³-hybridized carbons (Fsp3) is 0.500. The number of aromatic nitrogens is 2. The number of fused-ring (bicyclic) bond motifs is 1. The summed E-state index contributed by atoms with van der Waals surface area (Å²) in [5.74, 6) is -0.262. The molecule has 11 heteroatoms. The van der Waals surface area contributed by atoms with Crippen LogP contribution in [0, 0.1) is 23.2 Å². The molecule has 43 heavy (non-hydrogen) atoms. The van der Waals surface area contributed by atoms with Gasteiger partial charge >= 0.3 is 13.2 Å². The van der Waals surface area contributed by atoms with Gasteiger partial charge < -0.3 is 29.2 Å². The first kappa shape index (κ1) is 32.0. The molecule has 0 unspecified atom stereocenters. The Balaban J connectivity index is 1.55. The van der Waals surface area contributed by atoms with Gasteiger partial charge in [-0.25, -0.2) is 9.78 Å². The summed E-state index contributed by atoms with van der Waals surface area (Å²) in [7, 11) is 0.828. The van der Waals surface area contributed by atoms with Crippen molar-refractivity contribution >= 4 is 35.4 Å². The van der Waals surface area contributed by atoms with Crippen molar-refractivity contribution in [2.75, 3.05) is 13.7 Å². The van der Waals surface area contributed by atoms with E-state index >= 15 is 0 Å². The molecule has 2 amide bonds. The van der Waals surface area contributed by atoms with Crippen molar-refractivity contribution in [2.45, 2.75) is 78.7 Å². The number of aromatic amines is 1. The molecule has 1 aromatic heterocycles. The van der Waals surface area contributed by atoms with E-state index in [9.17, 15) is 14.9 Å². The van der Waals surface area contributed by atoms with E-state index in [2.05, 4.69) is 45.6 Å². The number of imidazole rings is 1. The van der Waals surface area contributed by atoms with Gasteiger partial charge in [-0.2, -0.15) is 5.26 Å². The van der Waals surface area contributed by atoms with Gasteiger partial charge in [0.2, 0.25) is 5.91 Å². The second-order valence-electron chi connectivity index (χ2n) is 12.5. The first-order chi connectivity index (χ1) is 20.3. The van der Waals surface area contributed by atoms with Crippen LogP contribution in [-0.4, -0.2) is 64.9 Å². The molecule has 2 heterocycles. The number of benzene rings is 2. The molecule has 0 spiro atoms. The summed E-state index contributed by atoms with van der Waals surface area (Å²) in [5, 5.41) is 14.4. The summed E-state index contributed by atoms with van der Waals surface area (Å²) >= 11 is 0. The monoisotopic (exact) mass is 587 g/mol. The third-order valence-corrected chi connectivity index (χ3v) is 8.49. The number of carbonyl (C=O) groups is 2. The van der Waals surface area contributed by atoms with Crippen LogP contribution in [0.3, 0.4) is 0 Å². The van der Waals surface area contributed by atoms with E-state index < -0.39 is 30.5 Å². The van der Waals surface area contributed by atoms with E-state index in [1.807, 2.05) is 60.6 Å². The number of nitriles is 1. The van der Waals surface area contributed by atoms with Crippen molar-refractivity contribution in [3.63, 3.8) is 0 Å². The van der Waals surface area contributed by atoms with Gasteiger partial charge in [0.1, 0.15) is 11.9 Å². The lowest BCUT2D eigenvalue weighted by molar-refractivity contribution is -0.135. The van der Waals surface area contributed by atoms with E-state index in [0.717, 1.165) is 27.5 Å². The highest BCUT2D eigenvalue weighted by Gasteiger charge is 2.51. The predicted molar refractivity (Wildman–Crippen MR) is 166 cm³/mol. The Kier molecular flexibility index (Phi) is 9.52. The van der Waals surface area contributed by atoms with Crippen molar-refractivity contribution < 1.29 is 23.6 Å². The average Bonchev–Trinajstić information content (AvgIpc) is 3.53. The van der Waals surface area contributed by atoms with Crippen LogP contribution in [0.25, 0.3) is 22.0 Å². The number of methoxy groups -OCH3 is 1. The maximum atomic E-state index is 13.6. The van der Waals surface area contributed by atoms with Crippen LogP contribution in [-0.2, 0) is 25.4 Å². The zero-order valence-electron chi connectivity index (χ0n) is 26.4. The zero-order chi connectivity index (χ0) is 31.5. The molecule has 2 aromatic carbocycles. The maximum Gasteiger partial charge on any atom is 0.494 e. The number of carbonyl (C=O) groups excluding carboxylic acids is 2. The van der Waals surface area contributed by atoms with E-state index in [1.54, 1.807) is 11.1 Å². The Morgan fingerprint density at radius 1 is 1.12 bits per heavy atom. The van der Waals surface area contributed by atoms with E-state index in [4.69, 9.17) is 14.0 Å². The summed E-state index contributed by atoms with van der Waals surface area (Å²) in [6.45, 7) is 14.2. The zero-order valence-corrected chi connectivity index (χ0v) is 26.4. The lowest BCUT2D eigenvalue weighted by atomic mass is 9.78. The Labute approximate surface area is 254 Å². The van der Waals surface area contributed by atoms with E-state index in [1.165, 1.54) is 7.11 Å². The molecule has 1 aliphatic heterocycles. The van der Waals surface area contributed by atoms with Crippen LogP contribution < -0.4 is 10.8 Å². The largest absolute Gasteiger partial charge is 0.494 e. The molecule has 1 aliphatic rings. The fourth-order valence-corrected chi connectivity index (χ4v) is 4.98. The average molecular weight is 588 g/mol. The van der Waals surface area contributed by atoms with Crippen LogP contribution in [0.15, 0.2) is 42.6 Å². The van der Waals surface area contributed by atoms with E-state index in [-0.39, 0.29) is 30.8 Å². The number of alkyl carbamates (subject to hydrolysis) is 1. The first-order valence-electron chi connectivity index (χ1n) is 14.7. The van der Waals surface area contributed by atoms with Gasteiger partial charge in [0.25, 0.3) is 0 Å². The highest BCUT2D eigenvalue weighted by Crippen LogP contribution is 2.36. The molecule has 2 atom stereocenters. The molecule has 10 nitrogen and oxygen atoms in total. The number of rotatable bonds is 10. The minimum atomic E-state index is -0.805. The molecule has 1 saturated heterocycles. The minimum absolute atomic E-state index is 0.161. The number of nitrogens with one attached hydrogen (secondary N) is 2. The van der Waals surface area contributed by atoms with Gasteiger partial charge in [0.15, 0.2) is 0 Å². The number of H-pyrrole nitrogens is 1. The fourth-order valence-electron chi connectivity index (χ4n) is 4.98. The lowest BCUT2D eigenvalue weighted by Gasteiger charge is -2.32. The van der Waals surface area contributed by atoms with Crippen LogP contribution in [0.1, 0.15) is 60.7 Å². The van der Waals surface area contributed by atoms with E-state index in [0.29, 0.717) is 12.2 Å². The molecular formula is C32H42BN5O5. The Bertz CT molecular complexity index is 1500. The molecule has 1 fully saturated rings. The number of hydrogen-bond donors (Lipinski definition) is 2. The van der Waals surface area contributed by atoms with Crippen molar-refractivity contribution in [3.05, 3.63) is 48.4 Å². The molecule has 0 bridgehead atoms. The molecule has 0 saturated carbocycles. The topological polar surface area (TPSA) is 130 Å². The highest BCUT2D eigenvalue weighted by molar-refractivity contribution is 6.62. The maximum absolute atomic E-state index is 13.6. The minimum Gasteiger partial charge on any atom is -0.453 e. The Hall–Kier alpha value is -3.88.